The summed E-state index contributed by atoms with van der Waals surface area (Å²) in [4.78, 5) is 0.923. The van der Waals surface area contributed by atoms with Gasteiger partial charge in [0.15, 0.2) is 0 Å². The van der Waals surface area contributed by atoms with Crippen LogP contribution < -0.4 is 5.14 Å². The van der Waals surface area contributed by atoms with Crippen molar-refractivity contribution in [1.82, 2.24) is 0 Å². The Labute approximate surface area is 69.7 Å². The van der Waals surface area contributed by atoms with Crippen molar-refractivity contribution in [2.45, 2.75) is 11.8 Å². The van der Waals surface area contributed by atoms with E-state index in [2.05, 4.69) is 0 Å². The highest BCUT2D eigenvalue weighted by Crippen LogP contribution is 2.23. The third-order valence-corrected chi connectivity index (χ3v) is 2.25. The first-order valence-corrected chi connectivity index (χ1v) is 4.12. The molecule has 0 aromatic heterocycles. The molecule has 0 aliphatic rings. The van der Waals surface area contributed by atoms with Crippen LogP contribution >= 0.6 is 23.5 Å². The summed E-state index contributed by atoms with van der Waals surface area (Å²) in [5.41, 5.74) is 1.16. The molecule has 0 spiro atoms. The van der Waals surface area contributed by atoms with Crippen molar-refractivity contribution < 1.29 is 0 Å². The minimum absolute atomic E-state index is 0.729. The molecule has 0 aliphatic carbocycles. The molecule has 0 fully saturated rings. The maximum atomic E-state index is 5.83. The molecule has 3 heteroatoms. The third kappa shape index (κ3) is 1.66. The van der Waals surface area contributed by atoms with Gasteiger partial charge in [-0.15, -0.1) is 0 Å². The number of aryl methyl sites for hydroxylation is 1. The van der Waals surface area contributed by atoms with Crippen LogP contribution in [0.5, 0.6) is 0 Å². The van der Waals surface area contributed by atoms with E-state index in [-0.39, 0.29) is 0 Å². The standard InChI is InChI=1S/C7H8ClNS/c1-5-2-3-7(10-9)6(8)4-5/h2-4H,9H2,1H3. The average molecular weight is 174 g/mol. The van der Waals surface area contributed by atoms with Crippen molar-refractivity contribution in [1.29, 1.82) is 0 Å². The molecule has 0 heterocycles. The largest absolute Gasteiger partial charge is 0.274 e. The van der Waals surface area contributed by atoms with Crippen molar-refractivity contribution in [3.63, 3.8) is 0 Å². The molecule has 0 saturated heterocycles. The lowest BCUT2D eigenvalue weighted by molar-refractivity contribution is 1.38. The monoisotopic (exact) mass is 173 g/mol. The van der Waals surface area contributed by atoms with Gasteiger partial charge in [0.05, 0.1) is 5.02 Å². The summed E-state index contributed by atoms with van der Waals surface area (Å²) in [6.45, 7) is 2.00. The van der Waals surface area contributed by atoms with Gasteiger partial charge in [-0.1, -0.05) is 17.7 Å². The lowest BCUT2D eigenvalue weighted by Gasteiger charge is -1.99. The Hall–Kier alpha value is -0.180. The number of nitrogens with two attached hydrogens (primary N) is 1. The van der Waals surface area contributed by atoms with Crippen LogP contribution in [0.2, 0.25) is 5.02 Å². The van der Waals surface area contributed by atoms with E-state index in [1.807, 2.05) is 25.1 Å². The lowest BCUT2D eigenvalue weighted by Crippen LogP contribution is -1.81. The minimum Gasteiger partial charge on any atom is -0.274 e. The lowest BCUT2D eigenvalue weighted by atomic mass is 10.2. The second-order valence-corrected chi connectivity index (χ2v) is 3.13. The van der Waals surface area contributed by atoms with Gasteiger partial charge in [-0.3, -0.25) is 5.14 Å². The summed E-state index contributed by atoms with van der Waals surface area (Å²) in [5, 5.41) is 6.06. The first-order valence-electron chi connectivity index (χ1n) is 2.87. The molecule has 0 bridgehead atoms. The van der Waals surface area contributed by atoms with Gasteiger partial charge in [0, 0.05) is 4.90 Å². The van der Waals surface area contributed by atoms with Gasteiger partial charge in [-0.2, -0.15) is 0 Å². The second-order valence-electron chi connectivity index (χ2n) is 2.05. The van der Waals surface area contributed by atoms with E-state index in [4.69, 9.17) is 16.7 Å². The van der Waals surface area contributed by atoms with Crippen molar-refractivity contribution in [3.05, 3.63) is 28.8 Å². The maximum Gasteiger partial charge on any atom is 0.0557 e. The highest BCUT2D eigenvalue weighted by atomic mass is 35.5. The molecule has 0 amide bonds. The molecule has 54 valence electrons. The summed E-state index contributed by atoms with van der Waals surface area (Å²) >= 11 is 7.00. The third-order valence-electron chi connectivity index (χ3n) is 1.21. The van der Waals surface area contributed by atoms with E-state index < -0.39 is 0 Å². The summed E-state index contributed by atoms with van der Waals surface area (Å²) in [5.74, 6) is 0. The molecule has 10 heavy (non-hydrogen) atoms. The van der Waals surface area contributed by atoms with E-state index in [1.165, 1.54) is 11.9 Å². The summed E-state index contributed by atoms with van der Waals surface area (Å²) in [6, 6.07) is 5.81. The average Bonchev–Trinajstić information content (AvgIpc) is 1.88. The number of benzene rings is 1. The fourth-order valence-electron chi connectivity index (χ4n) is 0.701. The zero-order chi connectivity index (χ0) is 7.56. The first-order chi connectivity index (χ1) is 4.74. The zero-order valence-corrected chi connectivity index (χ0v) is 7.17. The van der Waals surface area contributed by atoms with Crippen molar-refractivity contribution in [2.24, 2.45) is 5.14 Å². The number of hydrogen-bond donors (Lipinski definition) is 1. The van der Waals surface area contributed by atoms with Crippen LogP contribution in [-0.4, -0.2) is 0 Å². The molecule has 0 unspecified atom stereocenters. The van der Waals surface area contributed by atoms with E-state index >= 15 is 0 Å². The smallest absolute Gasteiger partial charge is 0.0557 e. The van der Waals surface area contributed by atoms with Gasteiger partial charge in [0.1, 0.15) is 0 Å². The molecule has 1 aromatic rings. The molecule has 0 atom stereocenters. The Bertz CT molecular complexity index is 237. The topological polar surface area (TPSA) is 26.0 Å². The van der Waals surface area contributed by atoms with Gasteiger partial charge in [-0.05, 0) is 36.6 Å². The van der Waals surface area contributed by atoms with E-state index in [0.29, 0.717) is 0 Å². The predicted octanol–water partition coefficient (Wildman–Crippen LogP) is 2.61. The highest BCUT2D eigenvalue weighted by molar-refractivity contribution is 7.97. The molecule has 1 aromatic carbocycles. The van der Waals surface area contributed by atoms with Crippen LogP contribution in [0.4, 0.5) is 0 Å². The first kappa shape index (κ1) is 7.92. The van der Waals surface area contributed by atoms with Crippen LogP contribution in [0.3, 0.4) is 0 Å². The Morgan fingerprint density at radius 3 is 2.70 bits per heavy atom. The van der Waals surface area contributed by atoms with Gasteiger partial charge in [-0.25, -0.2) is 0 Å². The Morgan fingerprint density at radius 1 is 1.50 bits per heavy atom. The number of hydrogen-bond acceptors (Lipinski definition) is 2. The SMILES string of the molecule is Cc1ccc(SN)c(Cl)c1. The quantitative estimate of drug-likeness (QED) is 0.661. The van der Waals surface area contributed by atoms with Crippen molar-refractivity contribution in [3.8, 4) is 0 Å². The molecule has 2 N–H and O–H groups in total. The van der Waals surface area contributed by atoms with Crippen LogP contribution in [0, 0.1) is 6.92 Å². The Balaban J connectivity index is 3.07. The molecular weight excluding hydrogens is 166 g/mol. The van der Waals surface area contributed by atoms with Crippen LogP contribution in [-0.2, 0) is 0 Å². The normalized spacial score (nSPS) is 9.90. The summed E-state index contributed by atoms with van der Waals surface area (Å²) in [7, 11) is 0. The maximum absolute atomic E-state index is 5.83. The molecule has 0 aliphatic heterocycles. The molecule has 0 saturated carbocycles. The Kier molecular flexibility index (Phi) is 2.60. The Morgan fingerprint density at radius 2 is 2.20 bits per heavy atom. The van der Waals surface area contributed by atoms with Crippen molar-refractivity contribution in [2.75, 3.05) is 0 Å². The molecule has 0 radical (unpaired) electrons. The molecule has 1 rings (SSSR count). The summed E-state index contributed by atoms with van der Waals surface area (Å²) in [6.07, 6.45) is 0. The van der Waals surface area contributed by atoms with E-state index in [9.17, 15) is 0 Å². The fourth-order valence-corrected chi connectivity index (χ4v) is 1.39. The van der Waals surface area contributed by atoms with Gasteiger partial charge in [0.2, 0.25) is 0 Å². The number of halogens is 1. The van der Waals surface area contributed by atoms with Crippen LogP contribution in [0.1, 0.15) is 5.56 Å². The van der Waals surface area contributed by atoms with Crippen LogP contribution in [0.15, 0.2) is 23.1 Å². The van der Waals surface area contributed by atoms with Crippen molar-refractivity contribution >= 4 is 23.5 Å². The molecular formula is C7H8ClNS. The van der Waals surface area contributed by atoms with E-state index in [1.54, 1.807) is 0 Å². The second kappa shape index (κ2) is 3.28. The summed E-state index contributed by atoms with van der Waals surface area (Å²) < 4.78 is 0. The van der Waals surface area contributed by atoms with Gasteiger partial charge < -0.3 is 0 Å². The number of rotatable bonds is 1. The minimum atomic E-state index is 0.729. The van der Waals surface area contributed by atoms with Gasteiger partial charge >= 0.3 is 0 Å². The van der Waals surface area contributed by atoms with Crippen LogP contribution in [0.25, 0.3) is 0 Å². The fraction of sp³-hybridized carbons (Fsp3) is 0.143. The molecule has 1 nitrogen and oxygen atoms in total. The zero-order valence-electron chi connectivity index (χ0n) is 5.60. The predicted molar refractivity (Wildman–Crippen MR) is 46.2 cm³/mol. The van der Waals surface area contributed by atoms with E-state index in [0.717, 1.165) is 15.5 Å². The highest BCUT2D eigenvalue weighted by Gasteiger charge is 1.96. The van der Waals surface area contributed by atoms with Gasteiger partial charge in [0.25, 0.3) is 0 Å².